The number of aromatic amines is 1. The van der Waals surface area contributed by atoms with E-state index in [0.717, 1.165) is 40.7 Å². The molecule has 0 radical (unpaired) electrons. The van der Waals surface area contributed by atoms with E-state index >= 15 is 0 Å². The molecule has 2 aromatic heterocycles. The number of H-pyrrole nitrogens is 1. The van der Waals surface area contributed by atoms with Crippen LogP contribution in [0.2, 0.25) is 0 Å². The second kappa shape index (κ2) is 25.6. The number of halogens is 1. The minimum atomic E-state index is -0.718. The Morgan fingerprint density at radius 2 is 0.921 bits per heavy atom. The molecule has 0 saturated carbocycles. The minimum Gasteiger partial charge on any atom is -0.488 e. The molecule has 8 aromatic rings. The summed E-state index contributed by atoms with van der Waals surface area (Å²) in [4.78, 5) is 74.8. The summed E-state index contributed by atoms with van der Waals surface area (Å²) in [5, 5.41) is 0. The molecule has 2 atom stereocenters. The third-order valence-corrected chi connectivity index (χ3v) is 13.7. The fourth-order valence-corrected chi connectivity index (χ4v) is 9.61. The summed E-state index contributed by atoms with van der Waals surface area (Å²) in [5.74, 6) is 1.27. The number of carbonyl (C=O) groups excluding carboxylic acids is 2. The molecule has 76 heavy (non-hydrogen) atoms. The topological polar surface area (TPSA) is 167 Å². The predicted octanol–water partition coefficient (Wildman–Crippen LogP) is 11.0. The van der Waals surface area contributed by atoms with E-state index in [2.05, 4.69) is 25.9 Å². The third-order valence-electron chi connectivity index (χ3n) is 13.2. The van der Waals surface area contributed by atoms with Crippen LogP contribution in [-0.4, -0.2) is 67.3 Å². The van der Waals surface area contributed by atoms with E-state index in [9.17, 15) is 24.0 Å². The van der Waals surface area contributed by atoms with Crippen LogP contribution in [0.25, 0.3) is 22.5 Å². The monoisotopic (exact) mass is 1080 g/mol. The van der Waals surface area contributed by atoms with Crippen molar-refractivity contribution in [3.8, 4) is 34.0 Å². The van der Waals surface area contributed by atoms with Gasteiger partial charge in [0.05, 0.1) is 23.5 Å². The van der Waals surface area contributed by atoms with Crippen molar-refractivity contribution in [3.63, 3.8) is 0 Å². The van der Waals surface area contributed by atoms with E-state index in [1.54, 1.807) is 26.8 Å². The Labute approximate surface area is 448 Å². The standard InChI is InChI=1S/C30H28BrN3O4.C30H29N3O5/c31-28-29(35)34(24-14-9-17-33(18-24)30(36)38-21-23-12-5-2-6-13-23)19-26(32-28)25-15-7-8-16-27(25)37-20-22-10-3-1-4-11-22;34-28-29(35)33(24-14-9-17-32(18-24)30(36)38-21-23-12-5-2-6-13-23)19-26(31-28)25-15-7-8-16-27(25)37-20-22-10-3-1-4-11-22/h1-8,10-13,15-16,19,24H,9,14,17-18,20-21H2;1-8,10-13,15-16,19,24H,9,14,17-18,20-21H2,(H,31,34). The molecular weight excluding hydrogens is 1030 g/mol. The number of benzene rings is 6. The first kappa shape index (κ1) is 52.4. The fourth-order valence-electron chi connectivity index (χ4n) is 9.22. The Hall–Kier alpha value is -8.50. The minimum absolute atomic E-state index is 0.176. The highest BCUT2D eigenvalue weighted by molar-refractivity contribution is 9.10. The largest absolute Gasteiger partial charge is 0.488 e. The molecule has 2 fully saturated rings. The van der Waals surface area contributed by atoms with Gasteiger partial charge in [-0.2, -0.15) is 0 Å². The number of carbonyl (C=O) groups is 2. The number of hydrogen-bond donors (Lipinski definition) is 1. The van der Waals surface area contributed by atoms with Crippen molar-refractivity contribution in [1.82, 2.24) is 28.9 Å². The van der Waals surface area contributed by atoms with Crippen LogP contribution < -0.4 is 26.2 Å². The Bertz CT molecular complexity index is 3390. The molecule has 1 N–H and O–H groups in total. The highest BCUT2D eigenvalue weighted by Crippen LogP contribution is 2.32. The Balaban J connectivity index is 0.000000186. The Morgan fingerprint density at radius 3 is 1.41 bits per heavy atom. The van der Waals surface area contributed by atoms with E-state index in [1.165, 1.54) is 4.57 Å². The van der Waals surface area contributed by atoms with Crippen LogP contribution in [0.4, 0.5) is 9.59 Å². The van der Waals surface area contributed by atoms with Gasteiger partial charge in [-0.15, -0.1) is 0 Å². The number of hydrogen-bond acceptors (Lipinski definition) is 10. The van der Waals surface area contributed by atoms with Crippen LogP contribution in [-0.2, 0) is 35.9 Å². The van der Waals surface area contributed by atoms with Gasteiger partial charge in [0.2, 0.25) is 0 Å². The summed E-state index contributed by atoms with van der Waals surface area (Å²) in [5.41, 5.74) is 4.85. The quantitative estimate of drug-likeness (QED) is 0.104. The summed E-state index contributed by atoms with van der Waals surface area (Å²) in [6.45, 7) is 2.96. The summed E-state index contributed by atoms with van der Waals surface area (Å²) in [6.07, 6.45) is 5.50. The first-order valence-corrected chi connectivity index (χ1v) is 26.0. The van der Waals surface area contributed by atoms with Gasteiger partial charge in [-0.1, -0.05) is 146 Å². The molecular formula is C60H57BrN6O9. The van der Waals surface area contributed by atoms with Gasteiger partial charge in [0.1, 0.15) is 37.9 Å². The molecule has 2 aliphatic rings. The molecule has 10 rings (SSSR count). The lowest BCUT2D eigenvalue weighted by molar-refractivity contribution is 0.0793. The molecule has 2 amide bonds. The van der Waals surface area contributed by atoms with Gasteiger partial charge in [0, 0.05) is 49.7 Å². The number of piperidine rings is 2. The SMILES string of the molecule is O=C(OCc1ccccc1)N1CCCC(n2cc(-c3ccccc3OCc3ccccc3)[nH]c(=O)c2=O)C1.O=C(OCc1ccccc1)N1CCCC(n2cc(-c3ccccc3OCc3ccccc3)nc(Br)c2=O)C1. The normalized spacial score (nSPS) is 15.2. The molecule has 6 aromatic carbocycles. The third kappa shape index (κ3) is 13.6. The molecule has 4 heterocycles. The molecule has 15 nitrogen and oxygen atoms in total. The van der Waals surface area contributed by atoms with Crippen molar-refractivity contribution < 1.29 is 28.5 Å². The molecule has 0 spiro atoms. The number of likely N-dealkylation sites (tertiary alicyclic amines) is 2. The van der Waals surface area contributed by atoms with Crippen LogP contribution in [0.3, 0.4) is 0 Å². The maximum absolute atomic E-state index is 13.1. The highest BCUT2D eigenvalue weighted by Gasteiger charge is 2.29. The second-order valence-electron chi connectivity index (χ2n) is 18.4. The van der Waals surface area contributed by atoms with Crippen molar-refractivity contribution in [2.75, 3.05) is 26.2 Å². The Kier molecular flexibility index (Phi) is 17.7. The van der Waals surface area contributed by atoms with Gasteiger partial charge in [-0.25, -0.2) is 14.6 Å². The van der Waals surface area contributed by atoms with Gasteiger partial charge >= 0.3 is 23.3 Å². The average Bonchev–Trinajstić information content (AvgIpc) is 3.49. The van der Waals surface area contributed by atoms with Crippen molar-refractivity contribution in [3.05, 3.63) is 240 Å². The highest BCUT2D eigenvalue weighted by atomic mass is 79.9. The van der Waals surface area contributed by atoms with E-state index < -0.39 is 17.2 Å². The Morgan fingerprint density at radius 1 is 0.513 bits per heavy atom. The summed E-state index contributed by atoms with van der Waals surface area (Å²) < 4.78 is 26.6. The summed E-state index contributed by atoms with van der Waals surface area (Å²) >= 11 is 3.37. The van der Waals surface area contributed by atoms with Crippen LogP contribution in [0.15, 0.2) is 201 Å². The van der Waals surface area contributed by atoms with Gasteiger partial charge in [-0.05, 0) is 88.1 Å². The van der Waals surface area contributed by atoms with E-state index in [0.29, 0.717) is 74.1 Å². The number of aromatic nitrogens is 4. The predicted molar refractivity (Wildman–Crippen MR) is 293 cm³/mol. The number of rotatable bonds is 14. The first-order valence-electron chi connectivity index (χ1n) is 25.2. The number of ether oxygens (including phenoxy) is 4. The lowest BCUT2D eigenvalue weighted by atomic mass is 10.1. The molecule has 2 unspecified atom stereocenters. The molecule has 0 aliphatic carbocycles. The van der Waals surface area contributed by atoms with Crippen LogP contribution >= 0.6 is 15.9 Å². The molecule has 2 saturated heterocycles. The molecule has 388 valence electrons. The van der Waals surface area contributed by atoms with Gasteiger partial charge in [0.15, 0.2) is 4.60 Å². The lowest BCUT2D eigenvalue weighted by Crippen LogP contribution is -2.46. The number of amides is 2. The smallest absolute Gasteiger partial charge is 0.410 e. The maximum atomic E-state index is 13.1. The zero-order chi connectivity index (χ0) is 52.6. The van der Waals surface area contributed by atoms with Crippen LogP contribution in [0.5, 0.6) is 11.5 Å². The zero-order valence-corrected chi connectivity index (χ0v) is 43.3. The van der Waals surface area contributed by atoms with Crippen molar-refractivity contribution in [2.24, 2.45) is 0 Å². The maximum Gasteiger partial charge on any atom is 0.410 e. The molecule has 0 bridgehead atoms. The van der Waals surface area contributed by atoms with Gasteiger partial charge < -0.3 is 42.9 Å². The van der Waals surface area contributed by atoms with E-state index in [1.807, 2.05) is 170 Å². The first-order chi connectivity index (χ1) is 37.2. The van der Waals surface area contributed by atoms with Gasteiger partial charge in [-0.3, -0.25) is 14.4 Å². The number of para-hydroxylation sites is 2. The van der Waals surface area contributed by atoms with Crippen LogP contribution in [0.1, 0.15) is 60.0 Å². The molecule has 16 heteroatoms. The van der Waals surface area contributed by atoms with E-state index in [4.69, 9.17) is 18.9 Å². The number of nitrogens with zero attached hydrogens (tertiary/aromatic N) is 5. The summed E-state index contributed by atoms with van der Waals surface area (Å²) in [6, 6.07) is 53.3. The summed E-state index contributed by atoms with van der Waals surface area (Å²) in [7, 11) is 0. The zero-order valence-electron chi connectivity index (χ0n) is 41.7. The second-order valence-corrected chi connectivity index (χ2v) is 19.2. The lowest BCUT2D eigenvalue weighted by Gasteiger charge is -2.33. The van der Waals surface area contributed by atoms with E-state index in [-0.39, 0.29) is 48.1 Å². The van der Waals surface area contributed by atoms with Crippen molar-refractivity contribution >= 4 is 28.1 Å². The van der Waals surface area contributed by atoms with Crippen molar-refractivity contribution in [2.45, 2.75) is 64.2 Å². The number of nitrogens with one attached hydrogen (secondary N) is 1. The fraction of sp³-hybridized carbons (Fsp3) is 0.233. The average molecular weight is 1090 g/mol. The van der Waals surface area contributed by atoms with Crippen molar-refractivity contribution in [1.29, 1.82) is 0 Å². The van der Waals surface area contributed by atoms with Crippen LogP contribution in [0, 0.1) is 0 Å². The van der Waals surface area contributed by atoms with Gasteiger partial charge in [0.25, 0.3) is 5.56 Å². The molecule has 2 aliphatic heterocycles.